The minimum atomic E-state index is -0.638. The fraction of sp³-hybridized carbons (Fsp3) is 0.300. The molecule has 0 aliphatic heterocycles. The number of hydrogen-bond donors (Lipinski definition) is 1. The van der Waals surface area contributed by atoms with Crippen LogP contribution in [0.3, 0.4) is 0 Å². The Morgan fingerprint density at radius 2 is 1.93 bits per heavy atom. The van der Waals surface area contributed by atoms with E-state index in [2.05, 4.69) is 35.1 Å². The highest BCUT2D eigenvalue weighted by atomic mass is 79.9. The second kappa shape index (κ2) is 9.76. The van der Waals surface area contributed by atoms with Gasteiger partial charge in [-0.1, -0.05) is 43.6 Å². The fourth-order valence-electron chi connectivity index (χ4n) is 2.43. The van der Waals surface area contributed by atoms with Gasteiger partial charge in [0.1, 0.15) is 5.75 Å². The molecule has 7 heteroatoms. The number of para-hydroxylation sites is 1. The Bertz CT molecular complexity index is 839. The monoisotopic (exact) mass is 453 g/mol. The standard InChI is InChI=1S/C20H21BrClNO4/c1-12(2)15-6-4-5-13(3)20(15)23-18(24)10-27-19(25)11-26-17-8-7-14(22)9-16(17)21/h4-9,12H,10-11H2,1-3H3,(H,23,24). The molecular formula is C20H21BrClNO4. The van der Waals surface area contributed by atoms with Crippen LogP contribution >= 0.6 is 27.5 Å². The normalized spacial score (nSPS) is 10.6. The van der Waals surface area contributed by atoms with Crippen molar-refractivity contribution in [1.29, 1.82) is 0 Å². The SMILES string of the molecule is Cc1cccc(C(C)C)c1NC(=O)COC(=O)COc1ccc(Cl)cc1Br. The largest absolute Gasteiger partial charge is 0.481 e. The number of carbonyl (C=O) groups is 2. The third kappa shape index (κ3) is 6.26. The number of amides is 1. The van der Waals surface area contributed by atoms with Gasteiger partial charge < -0.3 is 14.8 Å². The Labute approximate surface area is 172 Å². The summed E-state index contributed by atoms with van der Waals surface area (Å²) in [5, 5.41) is 3.37. The van der Waals surface area contributed by atoms with Crippen molar-refractivity contribution >= 4 is 45.1 Å². The topological polar surface area (TPSA) is 64.6 Å². The summed E-state index contributed by atoms with van der Waals surface area (Å²) in [6.07, 6.45) is 0. The fourth-order valence-corrected chi connectivity index (χ4v) is 3.23. The maximum Gasteiger partial charge on any atom is 0.344 e. The zero-order valence-electron chi connectivity index (χ0n) is 15.3. The molecule has 144 valence electrons. The number of hydrogen-bond acceptors (Lipinski definition) is 4. The highest BCUT2D eigenvalue weighted by molar-refractivity contribution is 9.10. The second-order valence-corrected chi connectivity index (χ2v) is 7.56. The van der Waals surface area contributed by atoms with Gasteiger partial charge in [0.2, 0.25) is 0 Å². The molecule has 0 aliphatic rings. The number of carbonyl (C=O) groups excluding carboxylic acids is 2. The van der Waals surface area contributed by atoms with Gasteiger partial charge in [0, 0.05) is 10.7 Å². The van der Waals surface area contributed by atoms with Crippen molar-refractivity contribution in [2.24, 2.45) is 0 Å². The average molecular weight is 455 g/mol. The van der Waals surface area contributed by atoms with Gasteiger partial charge in [0.25, 0.3) is 5.91 Å². The molecule has 5 nitrogen and oxygen atoms in total. The number of rotatable bonds is 7. The number of anilines is 1. The first-order valence-electron chi connectivity index (χ1n) is 8.40. The zero-order chi connectivity index (χ0) is 20.0. The summed E-state index contributed by atoms with van der Waals surface area (Å²) < 4.78 is 11.0. The summed E-state index contributed by atoms with van der Waals surface area (Å²) in [7, 11) is 0. The summed E-state index contributed by atoms with van der Waals surface area (Å²) in [5.41, 5.74) is 2.75. The minimum Gasteiger partial charge on any atom is -0.481 e. The van der Waals surface area contributed by atoms with E-state index in [9.17, 15) is 9.59 Å². The molecule has 27 heavy (non-hydrogen) atoms. The number of esters is 1. The third-order valence-corrected chi connectivity index (χ3v) is 4.65. The smallest absolute Gasteiger partial charge is 0.344 e. The molecule has 0 aromatic heterocycles. The van der Waals surface area contributed by atoms with Crippen LogP contribution in [0.5, 0.6) is 5.75 Å². The number of benzene rings is 2. The van der Waals surface area contributed by atoms with E-state index in [-0.39, 0.29) is 19.1 Å². The van der Waals surface area contributed by atoms with Crippen LogP contribution in [-0.2, 0) is 14.3 Å². The van der Waals surface area contributed by atoms with Crippen LogP contribution < -0.4 is 10.1 Å². The third-order valence-electron chi connectivity index (χ3n) is 3.80. The molecule has 0 aliphatic carbocycles. The second-order valence-electron chi connectivity index (χ2n) is 6.27. The molecule has 1 N–H and O–H groups in total. The van der Waals surface area contributed by atoms with Gasteiger partial charge in [-0.15, -0.1) is 0 Å². The van der Waals surface area contributed by atoms with Gasteiger partial charge in [0.05, 0.1) is 4.47 Å². The van der Waals surface area contributed by atoms with Crippen LogP contribution in [0.15, 0.2) is 40.9 Å². The van der Waals surface area contributed by atoms with E-state index in [0.717, 1.165) is 16.8 Å². The molecule has 0 unspecified atom stereocenters. The van der Waals surface area contributed by atoms with Crippen molar-refractivity contribution in [1.82, 2.24) is 0 Å². The average Bonchev–Trinajstić information content (AvgIpc) is 2.60. The number of ether oxygens (including phenoxy) is 2. The van der Waals surface area contributed by atoms with Gasteiger partial charge in [-0.2, -0.15) is 0 Å². The highest BCUT2D eigenvalue weighted by Crippen LogP contribution is 2.28. The summed E-state index contributed by atoms with van der Waals surface area (Å²) in [6.45, 7) is 5.34. The minimum absolute atomic E-state index is 0.258. The molecule has 2 rings (SSSR count). The van der Waals surface area contributed by atoms with Gasteiger partial charge in [-0.3, -0.25) is 4.79 Å². The zero-order valence-corrected chi connectivity index (χ0v) is 17.7. The van der Waals surface area contributed by atoms with E-state index >= 15 is 0 Å². The summed E-state index contributed by atoms with van der Waals surface area (Å²) in [6, 6.07) is 10.8. The molecule has 0 saturated carbocycles. The van der Waals surface area contributed by atoms with Crippen LogP contribution in [-0.4, -0.2) is 25.1 Å². The lowest BCUT2D eigenvalue weighted by atomic mass is 9.98. The molecule has 0 heterocycles. The van der Waals surface area contributed by atoms with E-state index in [1.54, 1.807) is 18.2 Å². The lowest BCUT2D eigenvalue weighted by molar-refractivity contribution is -0.149. The van der Waals surface area contributed by atoms with Gasteiger partial charge in [0.15, 0.2) is 13.2 Å². The molecule has 0 atom stereocenters. The van der Waals surface area contributed by atoms with Crippen LogP contribution in [0.4, 0.5) is 5.69 Å². The first-order valence-corrected chi connectivity index (χ1v) is 9.58. The van der Waals surface area contributed by atoms with Crippen molar-refractivity contribution in [3.05, 3.63) is 57.0 Å². The van der Waals surface area contributed by atoms with E-state index in [0.29, 0.717) is 15.2 Å². The first-order chi connectivity index (χ1) is 12.8. The van der Waals surface area contributed by atoms with Crippen molar-refractivity contribution in [2.45, 2.75) is 26.7 Å². The maximum atomic E-state index is 12.2. The van der Waals surface area contributed by atoms with E-state index in [1.807, 2.05) is 25.1 Å². The van der Waals surface area contributed by atoms with Crippen molar-refractivity contribution in [3.63, 3.8) is 0 Å². The van der Waals surface area contributed by atoms with Crippen molar-refractivity contribution < 1.29 is 19.1 Å². The lowest BCUT2D eigenvalue weighted by Crippen LogP contribution is -2.24. The highest BCUT2D eigenvalue weighted by Gasteiger charge is 2.14. The lowest BCUT2D eigenvalue weighted by Gasteiger charge is -2.16. The number of nitrogens with one attached hydrogen (secondary N) is 1. The van der Waals surface area contributed by atoms with Crippen molar-refractivity contribution in [2.75, 3.05) is 18.5 Å². The molecular weight excluding hydrogens is 434 g/mol. The molecule has 1 amide bonds. The summed E-state index contributed by atoms with van der Waals surface area (Å²) in [4.78, 5) is 24.0. The number of aryl methyl sites for hydroxylation is 1. The van der Waals surface area contributed by atoms with Gasteiger partial charge in [-0.05, 0) is 58.1 Å². The molecule has 2 aromatic rings. The van der Waals surface area contributed by atoms with E-state index < -0.39 is 11.9 Å². The molecule has 0 saturated heterocycles. The van der Waals surface area contributed by atoms with Crippen LogP contribution in [0.1, 0.15) is 30.9 Å². The Balaban J connectivity index is 1.86. The predicted octanol–water partition coefficient (Wildman–Crippen LogP) is 5.10. The molecule has 0 bridgehead atoms. The Kier molecular flexibility index (Phi) is 7.68. The van der Waals surface area contributed by atoms with E-state index in [1.165, 1.54) is 0 Å². The molecule has 0 spiro atoms. The first kappa shape index (κ1) is 21.3. The molecule has 2 aromatic carbocycles. The molecule has 0 fully saturated rings. The predicted molar refractivity (Wildman–Crippen MR) is 110 cm³/mol. The maximum absolute atomic E-state index is 12.2. The quantitative estimate of drug-likeness (QED) is 0.592. The number of halogens is 2. The Hall–Kier alpha value is -2.05. The van der Waals surface area contributed by atoms with Gasteiger partial charge in [-0.25, -0.2) is 4.79 Å². The summed E-state index contributed by atoms with van der Waals surface area (Å²) >= 11 is 9.15. The summed E-state index contributed by atoms with van der Waals surface area (Å²) in [5.74, 6) is -0.315. The van der Waals surface area contributed by atoms with E-state index in [4.69, 9.17) is 21.1 Å². The van der Waals surface area contributed by atoms with Crippen LogP contribution in [0, 0.1) is 6.92 Å². The van der Waals surface area contributed by atoms with Crippen molar-refractivity contribution in [3.8, 4) is 5.75 Å². The van der Waals surface area contributed by atoms with Crippen LogP contribution in [0.25, 0.3) is 0 Å². The van der Waals surface area contributed by atoms with Gasteiger partial charge >= 0.3 is 5.97 Å². The van der Waals surface area contributed by atoms with Crippen LogP contribution in [0.2, 0.25) is 5.02 Å². The Morgan fingerprint density at radius 3 is 2.59 bits per heavy atom. The Morgan fingerprint density at radius 1 is 1.19 bits per heavy atom. The molecule has 0 radical (unpaired) electrons.